The molecule has 1 heterocycles. The molecule has 1 atom stereocenters. The third-order valence-electron chi connectivity index (χ3n) is 5.68. The number of carbonyl (C=O) groups excluding carboxylic acids is 2. The highest BCUT2D eigenvalue weighted by molar-refractivity contribution is 7.88. The fraction of sp³-hybridized carbons (Fsp3) is 0.269. The topological polar surface area (TPSA) is 99.7 Å². The van der Waals surface area contributed by atoms with Crippen LogP contribution in [0.3, 0.4) is 0 Å². The average molecular weight is 529 g/mol. The molecule has 0 bridgehead atoms. The summed E-state index contributed by atoms with van der Waals surface area (Å²) in [5, 5.41) is 3.47. The fourth-order valence-electron chi connectivity index (χ4n) is 3.55. The Kier molecular flexibility index (Phi) is 9.58. The summed E-state index contributed by atoms with van der Waals surface area (Å²) < 4.78 is 25.0. The Morgan fingerprint density at radius 2 is 1.58 bits per heavy atom. The Labute approximate surface area is 217 Å². The number of sulfonamides is 1. The molecule has 0 saturated heterocycles. The van der Waals surface area contributed by atoms with E-state index in [1.54, 1.807) is 48.8 Å². The maximum absolute atomic E-state index is 13.5. The number of nitrogens with one attached hydrogen (secondary N) is 1. The Morgan fingerprint density at radius 1 is 0.944 bits per heavy atom. The van der Waals surface area contributed by atoms with E-state index in [1.807, 2.05) is 30.3 Å². The van der Waals surface area contributed by atoms with Gasteiger partial charge in [-0.15, -0.1) is 0 Å². The van der Waals surface area contributed by atoms with E-state index in [4.69, 9.17) is 11.6 Å². The summed E-state index contributed by atoms with van der Waals surface area (Å²) in [5.74, 6) is -0.835. The number of likely N-dealkylation sites (N-methyl/N-ethyl adjacent to an activating group) is 1. The first-order valence-corrected chi connectivity index (χ1v) is 13.5. The van der Waals surface area contributed by atoms with Crippen LogP contribution >= 0.6 is 11.6 Å². The molecule has 1 N–H and O–H groups in total. The van der Waals surface area contributed by atoms with E-state index in [0.717, 1.165) is 27.3 Å². The molecule has 0 spiro atoms. The fourth-order valence-corrected chi connectivity index (χ4v) is 4.02. The molecule has 2 aromatic carbocycles. The van der Waals surface area contributed by atoms with E-state index in [1.165, 1.54) is 11.9 Å². The van der Waals surface area contributed by atoms with Crippen molar-refractivity contribution in [2.24, 2.45) is 0 Å². The minimum absolute atomic E-state index is 0.105. The van der Waals surface area contributed by atoms with Crippen molar-refractivity contribution in [2.75, 3.05) is 19.8 Å². The molecule has 1 aromatic heterocycles. The normalized spacial score (nSPS) is 12.2. The molecule has 2 amide bonds. The second-order valence-electron chi connectivity index (χ2n) is 8.45. The minimum atomic E-state index is -3.60. The molecule has 1 unspecified atom stereocenters. The predicted molar refractivity (Wildman–Crippen MR) is 139 cm³/mol. The number of benzene rings is 2. The van der Waals surface area contributed by atoms with Gasteiger partial charge in [0, 0.05) is 44.0 Å². The number of aromatic nitrogens is 1. The van der Waals surface area contributed by atoms with Gasteiger partial charge in [0.2, 0.25) is 21.8 Å². The molecular weight excluding hydrogens is 500 g/mol. The van der Waals surface area contributed by atoms with Crippen LogP contribution in [0.4, 0.5) is 0 Å². The number of halogens is 1. The van der Waals surface area contributed by atoms with Gasteiger partial charge in [-0.05, 0) is 41.0 Å². The number of rotatable bonds is 11. The lowest BCUT2D eigenvalue weighted by Gasteiger charge is -2.32. The summed E-state index contributed by atoms with van der Waals surface area (Å²) in [6, 6.07) is 19.0. The Morgan fingerprint density at radius 3 is 2.19 bits per heavy atom. The minimum Gasteiger partial charge on any atom is -0.350 e. The molecule has 190 valence electrons. The highest BCUT2D eigenvalue weighted by Crippen LogP contribution is 2.17. The van der Waals surface area contributed by atoms with Crippen LogP contribution in [-0.4, -0.2) is 60.3 Å². The summed E-state index contributed by atoms with van der Waals surface area (Å²) in [7, 11) is -2.26. The quantitative estimate of drug-likeness (QED) is 0.412. The number of pyridine rings is 1. The van der Waals surface area contributed by atoms with Crippen LogP contribution in [0, 0.1) is 0 Å². The van der Waals surface area contributed by atoms with Gasteiger partial charge in [0.1, 0.15) is 6.04 Å². The van der Waals surface area contributed by atoms with E-state index < -0.39 is 28.5 Å². The van der Waals surface area contributed by atoms with E-state index in [-0.39, 0.29) is 25.4 Å². The average Bonchev–Trinajstić information content (AvgIpc) is 2.86. The second kappa shape index (κ2) is 12.6. The van der Waals surface area contributed by atoms with Gasteiger partial charge < -0.3 is 10.2 Å². The molecule has 0 aliphatic heterocycles. The molecular formula is C26H29ClN4O4S. The molecule has 36 heavy (non-hydrogen) atoms. The van der Waals surface area contributed by atoms with Crippen molar-refractivity contribution >= 4 is 33.4 Å². The number of carbonyl (C=O) groups is 2. The van der Waals surface area contributed by atoms with Gasteiger partial charge in [-0.3, -0.25) is 14.6 Å². The number of amides is 2. The largest absolute Gasteiger partial charge is 0.350 e. The molecule has 0 aliphatic carbocycles. The van der Waals surface area contributed by atoms with Crippen molar-refractivity contribution in [3.63, 3.8) is 0 Å². The zero-order valence-electron chi connectivity index (χ0n) is 20.2. The maximum Gasteiger partial charge on any atom is 0.243 e. The first-order chi connectivity index (χ1) is 17.1. The lowest BCUT2D eigenvalue weighted by molar-refractivity contribution is -0.141. The van der Waals surface area contributed by atoms with Gasteiger partial charge in [0.05, 0.1) is 12.8 Å². The van der Waals surface area contributed by atoms with Crippen molar-refractivity contribution in [1.29, 1.82) is 0 Å². The first-order valence-electron chi connectivity index (χ1n) is 11.3. The van der Waals surface area contributed by atoms with Gasteiger partial charge in [0.15, 0.2) is 0 Å². The lowest BCUT2D eigenvalue weighted by Crippen LogP contribution is -2.52. The van der Waals surface area contributed by atoms with Gasteiger partial charge in [0.25, 0.3) is 0 Å². The summed E-state index contributed by atoms with van der Waals surface area (Å²) in [6.07, 6.45) is 4.57. The van der Waals surface area contributed by atoms with E-state index in [0.29, 0.717) is 5.02 Å². The van der Waals surface area contributed by atoms with E-state index >= 15 is 0 Å². The van der Waals surface area contributed by atoms with Crippen molar-refractivity contribution < 1.29 is 18.0 Å². The molecule has 3 aromatic rings. The third-order valence-corrected chi connectivity index (χ3v) is 7.19. The molecule has 3 rings (SSSR count). The zero-order valence-corrected chi connectivity index (χ0v) is 21.7. The highest BCUT2D eigenvalue weighted by Gasteiger charge is 2.31. The van der Waals surface area contributed by atoms with Crippen LogP contribution < -0.4 is 5.32 Å². The van der Waals surface area contributed by atoms with Crippen LogP contribution in [0.2, 0.25) is 5.02 Å². The van der Waals surface area contributed by atoms with Crippen LogP contribution in [-0.2, 0) is 39.1 Å². The summed E-state index contributed by atoms with van der Waals surface area (Å²) >= 11 is 6.03. The number of hydrogen-bond donors (Lipinski definition) is 1. The number of nitrogens with zero attached hydrogens (tertiary/aromatic N) is 3. The van der Waals surface area contributed by atoms with Crippen LogP contribution in [0.25, 0.3) is 0 Å². The highest BCUT2D eigenvalue weighted by atomic mass is 35.5. The third kappa shape index (κ3) is 8.15. The monoisotopic (exact) mass is 528 g/mol. The molecule has 10 heteroatoms. The molecule has 0 saturated carbocycles. The van der Waals surface area contributed by atoms with Crippen molar-refractivity contribution in [2.45, 2.75) is 25.6 Å². The van der Waals surface area contributed by atoms with Crippen molar-refractivity contribution in [1.82, 2.24) is 19.5 Å². The van der Waals surface area contributed by atoms with Crippen molar-refractivity contribution in [3.05, 3.63) is 101 Å². The Hall–Kier alpha value is -3.27. The second-order valence-corrected chi connectivity index (χ2v) is 11.0. The van der Waals surface area contributed by atoms with Gasteiger partial charge in [-0.2, -0.15) is 4.31 Å². The smallest absolute Gasteiger partial charge is 0.243 e. The van der Waals surface area contributed by atoms with Crippen LogP contribution in [0.5, 0.6) is 0 Å². The molecule has 0 radical (unpaired) electrons. The van der Waals surface area contributed by atoms with Gasteiger partial charge in [-0.25, -0.2) is 8.42 Å². The summed E-state index contributed by atoms with van der Waals surface area (Å²) in [6.45, 7) is -0.0258. The SMILES string of the molecule is CN(CC(=O)N(Cc1ccc(Cl)cc1)C(Cc1ccccc1)C(=O)NCc1ccncc1)S(C)(=O)=O. The first kappa shape index (κ1) is 27.3. The standard InChI is InChI=1S/C26H29ClN4O4S/c1-30(36(2,34)35)19-25(32)31(18-22-8-10-23(27)11-9-22)24(16-20-6-4-3-5-7-20)26(33)29-17-21-12-14-28-15-13-21/h3-15,24H,16-19H2,1-2H3,(H,29,33). The van der Waals surface area contributed by atoms with Gasteiger partial charge in [-0.1, -0.05) is 54.1 Å². The summed E-state index contributed by atoms with van der Waals surface area (Å²) in [5.41, 5.74) is 2.49. The summed E-state index contributed by atoms with van der Waals surface area (Å²) in [4.78, 5) is 32.4. The van der Waals surface area contributed by atoms with Crippen LogP contribution in [0.15, 0.2) is 79.1 Å². The molecule has 0 fully saturated rings. The van der Waals surface area contributed by atoms with Gasteiger partial charge >= 0.3 is 0 Å². The van der Waals surface area contributed by atoms with E-state index in [9.17, 15) is 18.0 Å². The predicted octanol–water partition coefficient (Wildman–Crippen LogP) is 2.88. The molecule has 8 nitrogen and oxygen atoms in total. The molecule has 0 aliphatic rings. The Balaban J connectivity index is 1.94. The number of hydrogen-bond acceptors (Lipinski definition) is 5. The lowest BCUT2D eigenvalue weighted by atomic mass is 10.0. The Bertz CT molecular complexity index is 1260. The van der Waals surface area contributed by atoms with E-state index in [2.05, 4.69) is 10.3 Å². The maximum atomic E-state index is 13.5. The van der Waals surface area contributed by atoms with Crippen molar-refractivity contribution in [3.8, 4) is 0 Å². The van der Waals surface area contributed by atoms with Crippen LogP contribution in [0.1, 0.15) is 16.7 Å². The zero-order chi connectivity index (χ0) is 26.1.